The Labute approximate surface area is 274 Å². The Morgan fingerprint density at radius 3 is 1.46 bits per heavy atom. The smallest absolute Gasteiger partial charge is 0.0998 e. The second kappa shape index (κ2) is 10.8. The number of nitriles is 1. The van der Waals surface area contributed by atoms with E-state index in [2.05, 4.69) is 140 Å². The predicted octanol–water partition coefficient (Wildman–Crippen LogP) is 13.0. The standard InChI is InChI=1S/C43H25NS2/c44-26-28-14-4-5-15-30(28)29-24-37(35-20-10-18-33-31-16-6-8-22-39(31)45-42(33)35)41(27-12-2-1-3-13-27)38(25-29)36-21-11-19-34-32-17-7-9-23-40(32)46-43(34)36/h1-25H. The van der Waals surface area contributed by atoms with Gasteiger partial charge in [0.1, 0.15) is 0 Å². The third-order valence-electron chi connectivity index (χ3n) is 8.95. The van der Waals surface area contributed by atoms with Gasteiger partial charge in [0.2, 0.25) is 0 Å². The Hall–Kier alpha value is -5.53. The third kappa shape index (κ3) is 4.19. The maximum absolute atomic E-state index is 10.2. The fraction of sp³-hybridized carbons (Fsp3) is 0. The van der Waals surface area contributed by atoms with Gasteiger partial charge in [-0.3, -0.25) is 0 Å². The molecule has 0 saturated heterocycles. The van der Waals surface area contributed by atoms with Gasteiger partial charge in [-0.15, -0.1) is 22.7 Å². The van der Waals surface area contributed by atoms with Gasteiger partial charge in [-0.2, -0.15) is 5.26 Å². The van der Waals surface area contributed by atoms with Crippen molar-refractivity contribution in [1.29, 1.82) is 5.26 Å². The van der Waals surface area contributed by atoms with Crippen molar-refractivity contribution in [2.24, 2.45) is 0 Å². The van der Waals surface area contributed by atoms with Crippen LogP contribution in [0.4, 0.5) is 0 Å². The first-order chi connectivity index (χ1) is 22.8. The van der Waals surface area contributed by atoms with Gasteiger partial charge in [-0.25, -0.2) is 0 Å². The fourth-order valence-electron chi connectivity index (χ4n) is 6.89. The van der Waals surface area contributed by atoms with Gasteiger partial charge >= 0.3 is 0 Å². The minimum absolute atomic E-state index is 0.673. The van der Waals surface area contributed by atoms with Gasteiger partial charge in [0, 0.05) is 51.5 Å². The topological polar surface area (TPSA) is 23.8 Å². The molecule has 3 heteroatoms. The Bertz CT molecular complexity index is 2520. The molecule has 1 nitrogen and oxygen atoms in total. The summed E-state index contributed by atoms with van der Waals surface area (Å²) in [6.07, 6.45) is 0. The van der Waals surface area contributed by atoms with Gasteiger partial charge in [-0.05, 0) is 63.7 Å². The summed E-state index contributed by atoms with van der Waals surface area (Å²) < 4.78 is 5.12. The highest BCUT2D eigenvalue weighted by Gasteiger charge is 2.22. The zero-order chi connectivity index (χ0) is 30.6. The molecule has 0 amide bonds. The Morgan fingerprint density at radius 2 is 0.870 bits per heavy atom. The first-order valence-corrected chi connectivity index (χ1v) is 17.0. The molecule has 0 radical (unpaired) electrons. The average molecular weight is 620 g/mol. The van der Waals surface area contributed by atoms with Crippen molar-refractivity contribution in [3.8, 4) is 50.6 Å². The van der Waals surface area contributed by atoms with Crippen LogP contribution >= 0.6 is 22.7 Å². The first-order valence-electron chi connectivity index (χ1n) is 15.3. The summed E-state index contributed by atoms with van der Waals surface area (Å²) in [5.74, 6) is 0. The normalized spacial score (nSPS) is 11.5. The quantitative estimate of drug-likeness (QED) is 0.192. The van der Waals surface area contributed by atoms with Crippen LogP contribution in [0.25, 0.3) is 84.9 Å². The van der Waals surface area contributed by atoms with Gasteiger partial charge in [0.15, 0.2) is 0 Å². The highest BCUT2D eigenvalue weighted by Crippen LogP contribution is 2.50. The maximum Gasteiger partial charge on any atom is 0.0998 e. The summed E-state index contributed by atoms with van der Waals surface area (Å²) in [6.45, 7) is 0. The van der Waals surface area contributed by atoms with E-state index in [1.807, 2.05) is 40.9 Å². The monoisotopic (exact) mass is 619 g/mol. The summed E-state index contributed by atoms with van der Waals surface area (Å²) in [4.78, 5) is 0. The van der Waals surface area contributed by atoms with Crippen LogP contribution in [0.15, 0.2) is 152 Å². The molecule has 0 saturated carbocycles. The minimum atomic E-state index is 0.673. The van der Waals surface area contributed by atoms with E-state index in [1.165, 1.54) is 73.7 Å². The van der Waals surface area contributed by atoms with Crippen LogP contribution in [0.3, 0.4) is 0 Å². The number of benzene rings is 7. The maximum atomic E-state index is 10.2. The molecule has 46 heavy (non-hydrogen) atoms. The molecule has 0 bridgehead atoms. The van der Waals surface area contributed by atoms with Gasteiger partial charge < -0.3 is 0 Å². The van der Waals surface area contributed by atoms with Crippen LogP contribution < -0.4 is 0 Å². The van der Waals surface area contributed by atoms with Gasteiger partial charge in [-0.1, -0.05) is 121 Å². The first kappa shape index (κ1) is 26.8. The van der Waals surface area contributed by atoms with Gasteiger partial charge in [0.05, 0.1) is 11.6 Å². The van der Waals surface area contributed by atoms with Gasteiger partial charge in [0.25, 0.3) is 0 Å². The largest absolute Gasteiger partial charge is 0.192 e. The summed E-state index contributed by atoms with van der Waals surface area (Å²) in [7, 11) is 0. The van der Waals surface area contributed by atoms with Crippen molar-refractivity contribution >= 4 is 63.0 Å². The fourth-order valence-corrected chi connectivity index (χ4v) is 9.35. The molecule has 0 fully saturated rings. The highest BCUT2D eigenvalue weighted by molar-refractivity contribution is 7.26. The Morgan fingerprint density at radius 1 is 0.391 bits per heavy atom. The molecule has 0 N–H and O–H groups in total. The molecule has 214 valence electrons. The van der Waals surface area contributed by atoms with E-state index in [9.17, 15) is 5.26 Å². The summed E-state index contributed by atoms with van der Waals surface area (Å²) >= 11 is 3.71. The van der Waals surface area contributed by atoms with Crippen LogP contribution in [-0.4, -0.2) is 0 Å². The SMILES string of the molecule is N#Cc1ccccc1-c1cc(-c2cccc3c2sc2ccccc23)c(-c2ccccc2)c(-c2cccc3c2sc2ccccc23)c1. The molecule has 0 aliphatic rings. The Kier molecular flexibility index (Phi) is 6.31. The van der Waals surface area contributed by atoms with Crippen molar-refractivity contribution in [2.75, 3.05) is 0 Å². The lowest BCUT2D eigenvalue weighted by Crippen LogP contribution is -1.94. The third-order valence-corrected chi connectivity index (χ3v) is 11.4. The van der Waals surface area contributed by atoms with E-state index in [1.54, 1.807) is 0 Å². The van der Waals surface area contributed by atoms with E-state index in [-0.39, 0.29) is 0 Å². The average Bonchev–Trinajstić information content (AvgIpc) is 3.70. The number of thiophene rings is 2. The van der Waals surface area contributed by atoms with Crippen molar-refractivity contribution in [3.63, 3.8) is 0 Å². The molecule has 0 unspecified atom stereocenters. The molecule has 0 atom stereocenters. The second-order valence-electron chi connectivity index (χ2n) is 11.5. The van der Waals surface area contributed by atoms with Crippen LogP contribution in [0.2, 0.25) is 0 Å². The van der Waals surface area contributed by atoms with E-state index >= 15 is 0 Å². The molecule has 9 aromatic rings. The van der Waals surface area contributed by atoms with E-state index in [4.69, 9.17) is 0 Å². The Balaban J connectivity index is 1.46. The van der Waals surface area contributed by atoms with E-state index in [0.29, 0.717) is 5.56 Å². The molecule has 0 aliphatic heterocycles. The lowest BCUT2D eigenvalue weighted by Gasteiger charge is -2.20. The minimum Gasteiger partial charge on any atom is -0.192 e. The number of nitrogens with zero attached hydrogens (tertiary/aromatic N) is 1. The van der Waals surface area contributed by atoms with Crippen LogP contribution in [0.1, 0.15) is 5.56 Å². The lowest BCUT2D eigenvalue weighted by atomic mass is 9.83. The van der Waals surface area contributed by atoms with Crippen molar-refractivity contribution in [3.05, 3.63) is 157 Å². The van der Waals surface area contributed by atoms with E-state index in [0.717, 1.165) is 11.1 Å². The molecular weight excluding hydrogens is 595 g/mol. The van der Waals surface area contributed by atoms with Crippen LogP contribution in [-0.2, 0) is 0 Å². The molecule has 9 rings (SSSR count). The van der Waals surface area contributed by atoms with Crippen LogP contribution in [0.5, 0.6) is 0 Å². The highest BCUT2D eigenvalue weighted by atomic mass is 32.1. The summed E-state index contributed by atoms with van der Waals surface area (Å²) in [5.41, 5.74) is 9.78. The zero-order valence-corrected chi connectivity index (χ0v) is 26.3. The molecule has 2 aromatic heterocycles. The molecule has 0 aliphatic carbocycles. The van der Waals surface area contributed by atoms with Crippen LogP contribution in [0, 0.1) is 11.3 Å². The molecule has 2 heterocycles. The van der Waals surface area contributed by atoms with E-state index < -0.39 is 0 Å². The number of hydrogen-bond donors (Lipinski definition) is 0. The predicted molar refractivity (Wildman–Crippen MR) is 199 cm³/mol. The van der Waals surface area contributed by atoms with Crippen molar-refractivity contribution < 1.29 is 0 Å². The summed E-state index contributed by atoms with van der Waals surface area (Å²) in [6, 6.07) is 56.6. The summed E-state index contributed by atoms with van der Waals surface area (Å²) in [5, 5.41) is 15.3. The second-order valence-corrected chi connectivity index (χ2v) is 13.6. The molecule has 0 spiro atoms. The molecule has 7 aromatic carbocycles. The van der Waals surface area contributed by atoms with Crippen molar-refractivity contribution in [1.82, 2.24) is 0 Å². The molecular formula is C43H25NS2. The zero-order valence-electron chi connectivity index (χ0n) is 24.7. The number of hydrogen-bond acceptors (Lipinski definition) is 3. The lowest BCUT2D eigenvalue weighted by molar-refractivity contribution is 1.48. The van der Waals surface area contributed by atoms with Crippen molar-refractivity contribution in [2.45, 2.75) is 0 Å². The number of rotatable bonds is 4. The number of fused-ring (bicyclic) bond motifs is 6.